The Balaban J connectivity index is 3.52. The largest absolute Gasteiger partial charge is 0.497 e. The van der Waals surface area contributed by atoms with E-state index >= 15 is 0 Å². The first kappa shape index (κ1) is 17.0. The molecule has 0 heterocycles. The fourth-order valence-electron chi connectivity index (χ4n) is 1.99. The highest BCUT2D eigenvalue weighted by Crippen LogP contribution is 2.32. The number of allylic oxidation sites excluding steroid dienone is 2. The van der Waals surface area contributed by atoms with E-state index in [0.717, 1.165) is 0 Å². The van der Waals surface area contributed by atoms with E-state index in [1.54, 1.807) is 6.92 Å². The average Bonchev–Trinajstić information content (AvgIpc) is 2.46. The van der Waals surface area contributed by atoms with Crippen molar-refractivity contribution in [2.45, 2.75) is 23.0 Å². The maximum absolute atomic E-state index is 12.8. The number of hydrogen-bond donors (Lipinski definition) is 1. The van der Waals surface area contributed by atoms with E-state index in [-0.39, 0.29) is 11.3 Å². The van der Waals surface area contributed by atoms with Gasteiger partial charge in [0.25, 0.3) is 0 Å². The van der Waals surface area contributed by atoms with Crippen molar-refractivity contribution >= 4 is 15.8 Å². The highest BCUT2D eigenvalue weighted by atomic mass is 32.2. The van der Waals surface area contributed by atoms with Crippen LogP contribution in [0.2, 0.25) is 0 Å². The second kappa shape index (κ2) is 6.58. The summed E-state index contributed by atoms with van der Waals surface area (Å²) in [7, 11) is -2.66. The van der Waals surface area contributed by atoms with Gasteiger partial charge >= 0.3 is 5.97 Å². The third-order valence-corrected chi connectivity index (χ3v) is 5.42. The molecular weight excluding hydrogens is 292 g/mol. The Kier molecular flexibility index (Phi) is 5.32. The Morgan fingerprint density at radius 1 is 1.38 bits per heavy atom. The molecule has 1 aromatic rings. The number of benzene rings is 1. The molecule has 0 spiro atoms. The van der Waals surface area contributed by atoms with Gasteiger partial charge < -0.3 is 9.84 Å². The van der Waals surface area contributed by atoms with Crippen molar-refractivity contribution < 1.29 is 23.1 Å². The van der Waals surface area contributed by atoms with E-state index in [4.69, 9.17) is 4.74 Å². The summed E-state index contributed by atoms with van der Waals surface area (Å²) >= 11 is 0. The Morgan fingerprint density at radius 3 is 2.33 bits per heavy atom. The molecule has 6 heteroatoms. The average molecular weight is 310 g/mol. The van der Waals surface area contributed by atoms with Gasteiger partial charge in [0.15, 0.2) is 14.6 Å². The van der Waals surface area contributed by atoms with Crippen LogP contribution in [0.15, 0.2) is 54.0 Å². The number of carboxylic acids is 1. The summed E-state index contributed by atoms with van der Waals surface area (Å²) in [5.41, 5.74) is 0. The summed E-state index contributed by atoms with van der Waals surface area (Å²) in [6.07, 6.45) is 3.66. The van der Waals surface area contributed by atoms with Gasteiger partial charge in [-0.3, -0.25) is 4.79 Å². The predicted octanol–water partition coefficient (Wildman–Crippen LogP) is 2.44. The molecule has 21 heavy (non-hydrogen) atoms. The molecule has 0 aromatic heterocycles. The Hall–Kier alpha value is -2.08. The molecule has 1 aromatic carbocycles. The zero-order chi connectivity index (χ0) is 16.1. The van der Waals surface area contributed by atoms with E-state index in [9.17, 15) is 18.3 Å². The molecular formula is C15H18O5S. The Morgan fingerprint density at radius 2 is 1.95 bits per heavy atom. The van der Waals surface area contributed by atoms with Gasteiger partial charge in [-0.15, -0.1) is 6.58 Å². The summed E-state index contributed by atoms with van der Waals surface area (Å²) in [4.78, 5) is 11.6. The summed E-state index contributed by atoms with van der Waals surface area (Å²) in [5.74, 6) is -0.944. The number of ether oxygens (including phenoxy) is 1. The van der Waals surface area contributed by atoms with E-state index in [1.807, 2.05) is 0 Å². The first-order valence-corrected chi connectivity index (χ1v) is 7.71. The molecule has 5 nitrogen and oxygen atoms in total. The van der Waals surface area contributed by atoms with Crippen LogP contribution in [0.5, 0.6) is 5.75 Å². The molecule has 0 amide bonds. The lowest BCUT2D eigenvalue weighted by Gasteiger charge is -2.25. The van der Waals surface area contributed by atoms with Gasteiger partial charge in [0.2, 0.25) is 0 Å². The predicted molar refractivity (Wildman–Crippen MR) is 80.2 cm³/mol. The van der Waals surface area contributed by atoms with Crippen molar-refractivity contribution in [3.63, 3.8) is 0 Å². The molecule has 0 saturated carbocycles. The molecule has 114 valence electrons. The highest BCUT2D eigenvalue weighted by molar-refractivity contribution is 7.93. The molecule has 0 aliphatic rings. The number of carbonyl (C=O) groups is 1. The van der Waals surface area contributed by atoms with Crippen LogP contribution in [-0.2, 0) is 14.6 Å². The van der Waals surface area contributed by atoms with Gasteiger partial charge in [-0.2, -0.15) is 0 Å². The summed E-state index contributed by atoms with van der Waals surface area (Å²) in [6.45, 7) is 5.04. The van der Waals surface area contributed by atoms with Gasteiger partial charge in [0, 0.05) is 0 Å². The number of hydrogen-bond acceptors (Lipinski definition) is 4. The number of methoxy groups -OCH3 is 1. The van der Waals surface area contributed by atoms with Crippen molar-refractivity contribution in [1.29, 1.82) is 0 Å². The molecule has 0 aliphatic heterocycles. The van der Waals surface area contributed by atoms with Crippen molar-refractivity contribution in [3.05, 3.63) is 49.1 Å². The fourth-order valence-corrected chi connectivity index (χ4v) is 3.79. The van der Waals surface area contributed by atoms with E-state index in [2.05, 4.69) is 6.58 Å². The van der Waals surface area contributed by atoms with Crippen LogP contribution in [0.4, 0.5) is 0 Å². The molecule has 0 bridgehead atoms. The van der Waals surface area contributed by atoms with Crippen LogP contribution in [0.25, 0.3) is 0 Å². The zero-order valence-corrected chi connectivity index (χ0v) is 12.8. The minimum absolute atomic E-state index is 0.0781. The highest BCUT2D eigenvalue weighted by Gasteiger charge is 2.48. The summed E-state index contributed by atoms with van der Waals surface area (Å²) in [6, 6.07) is 5.61. The van der Waals surface area contributed by atoms with Crippen molar-refractivity contribution in [2.24, 2.45) is 0 Å². The molecule has 0 saturated heterocycles. The summed E-state index contributed by atoms with van der Waals surface area (Å²) in [5, 5.41) is 9.48. The monoisotopic (exact) mass is 310 g/mol. The third kappa shape index (κ3) is 3.00. The second-order valence-electron chi connectivity index (χ2n) is 4.37. The van der Waals surface area contributed by atoms with Crippen LogP contribution in [0, 0.1) is 0 Å². The molecule has 1 atom stereocenters. The Bertz CT molecular complexity index is 643. The lowest BCUT2D eigenvalue weighted by molar-refractivity contribution is -0.138. The second-order valence-corrected chi connectivity index (χ2v) is 6.57. The van der Waals surface area contributed by atoms with Crippen molar-refractivity contribution in [2.75, 3.05) is 7.11 Å². The van der Waals surface area contributed by atoms with Gasteiger partial charge in [0.05, 0.1) is 12.0 Å². The zero-order valence-electron chi connectivity index (χ0n) is 11.9. The molecule has 1 rings (SSSR count). The van der Waals surface area contributed by atoms with Gasteiger partial charge in [-0.1, -0.05) is 18.2 Å². The van der Waals surface area contributed by atoms with E-state index in [0.29, 0.717) is 5.75 Å². The molecule has 0 radical (unpaired) electrons. The topological polar surface area (TPSA) is 80.7 Å². The van der Waals surface area contributed by atoms with Gasteiger partial charge in [0.1, 0.15) is 5.75 Å². The molecule has 0 fully saturated rings. The molecule has 1 N–H and O–H groups in total. The SMILES string of the molecule is C=CCC(C=CC)(C(=O)O)S(=O)(=O)c1ccc(OC)cc1. The minimum atomic E-state index is -4.12. The molecule has 0 aliphatic carbocycles. The normalized spacial score (nSPS) is 14.6. The van der Waals surface area contributed by atoms with Crippen LogP contribution in [0.3, 0.4) is 0 Å². The van der Waals surface area contributed by atoms with Gasteiger partial charge in [-0.25, -0.2) is 8.42 Å². The standard InChI is InChI=1S/C15H18O5S/c1-4-10-15(11-5-2,14(16)17)21(18,19)13-8-6-12(20-3)7-9-13/h4-9,11H,1,10H2,2-3H3,(H,16,17). The first-order valence-electron chi connectivity index (χ1n) is 6.22. The van der Waals surface area contributed by atoms with Crippen LogP contribution >= 0.6 is 0 Å². The number of sulfone groups is 1. The first-order chi connectivity index (χ1) is 9.85. The van der Waals surface area contributed by atoms with Gasteiger partial charge in [-0.05, 0) is 37.6 Å². The maximum Gasteiger partial charge on any atom is 0.329 e. The number of rotatable bonds is 7. The number of aliphatic carboxylic acids is 1. The summed E-state index contributed by atoms with van der Waals surface area (Å²) < 4.78 is 28.4. The fraction of sp³-hybridized carbons (Fsp3) is 0.267. The lowest BCUT2D eigenvalue weighted by atomic mass is 10.0. The van der Waals surface area contributed by atoms with Crippen molar-refractivity contribution in [3.8, 4) is 5.75 Å². The Labute approximate surface area is 124 Å². The van der Waals surface area contributed by atoms with Crippen molar-refractivity contribution in [1.82, 2.24) is 0 Å². The number of carboxylic acid groups (broad SMARTS) is 1. The van der Waals surface area contributed by atoms with Crippen LogP contribution in [0.1, 0.15) is 13.3 Å². The van der Waals surface area contributed by atoms with Crippen LogP contribution in [-0.4, -0.2) is 31.4 Å². The molecule has 1 unspecified atom stereocenters. The van der Waals surface area contributed by atoms with Crippen LogP contribution < -0.4 is 4.74 Å². The maximum atomic E-state index is 12.8. The quantitative estimate of drug-likeness (QED) is 0.782. The minimum Gasteiger partial charge on any atom is -0.497 e. The van der Waals surface area contributed by atoms with E-state index < -0.39 is 20.6 Å². The smallest absolute Gasteiger partial charge is 0.329 e. The van der Waals surface area contributed by atoms with E-state index in [1.165, 1.54) is 49.6 Å². The third-order valence-electron chi connectivity index (χ3n) is 3.09. The lowest BCUT2D eigenvalue weighted by Crippen LogP contribution is -2.44.